The molecule has 0 atom stereocenters. The number of pyridine rings is 1. The predicted molar refractivity (Wildman–Crippen MR) is 105 cm³/mol. The highest BCUT2D eigenvalue weighted by Crippen LogP contribution is 2.17. The van der Waals surface area contributed by atoms with Crippen molar-refractivity contribution in [3.63, 3.8) is 0 Å². The lowest BCUT2D eigenvalue weighted by Crippen LogP contribution is -2.26. The molecule has 0 saturated carbocycles. The highest BCUT2D eigenvalue weighted by atomic mass is 35.5. The first-order valence-corrected chi connectivity index (χ1v) is 9.13. The van der Waals surface area contributed by atoms with Crippen LogP contribution in [0.15, 0.2) is 47.4 Å². The molecule has 146 valence electrons. The summed E-state index contributed by atoms with van der Waals surface area (Å²) in [5.41, 5.74) is 1.73. The first-order chi connectivity index (χ1) is 13.5. The van der Waals surface area contributed by atoms with Gasteiger partial charge in [-0.05, 0) is 31.2 Å². The molecule has 2 aromatic heterocycles. The first kappa shape index (κ1) is 19.6. The van der Waals surface area contributed by atoms with E-state index in [-0.39, 0.29) is 23.8 Å². The van der Waals surface area contributed by atoms with Crippen LogP contribution in [0.4, 0.5) is 5.69 Å². The Balaban J connectivity index is 1.57. The molecule has 0 unspecified atom stereocenters. The number of ether oxygens (including phenoxy) is 1. The topological polar surface area (TPSA) is 95.2 Å². The molecular weight excluding hydrogens is 384 g/mol. The molecule has 0 spiro atoms. The minimum atomic E-state index is -0.576. The third-order valence-corrected chi connectivity index (χ3v) is 4.48. The van der Waals surface area contributed by atoms with Crippen molar-refractivity contribution >= 4 is 40.2 Å². The van der Waals surface area contributed by atoms with Crippen LogP contribution in [0.1, 0.15) is 13.3 Å². The van der Waals surface area contributed by atoms with Gasteiger partial charge in [-0.15, -0.1) is 0 Å². The summed E-state index contributed by atoms with van der Waals surface area (Å²) in [4.78, 5) is 40.2. The van der Waals surface area contributed by atoms with E-state index in [2.05, 4.69) is 10.3 Å². The molecule has 0 aliphatic carbocycles. The number of esters is 1. The number of anilines is 1. The third kappa shape index (κ3) is 4.23. The van der Waals surface area contributed by atoms with Crippen molar-refractivity contribution in [1.82, 2.24) is 14.1 Å². The fraction of sp³-hybridized carbons (Fsp3) is 0.263. The number of hydrogen-bond donors (Lipinski definition) is 1. The maximum Gasteiger partial charge on any atom is 0.329 e. The van der Waals surface area contributed by atoms with Gasteiger partial charge in [0.2, 0.25) is 0 Å². The second-order valence-corrected chi connectivity index (χ2v) is 6.33. The Hall–Kier alpha value is -3.13. The summed E-state index contributed by atoms with van der Waals surface area (Å²) in [6.45, 7) is 2.14. The number of aromatic nitrogens is 3. The van der Waals surface area contributed by atoms with E-state index in [1.807, 2.05) is 31.2 Å². The average molecular weight is 403 g/mol. The molecule has 8 nitrogen and oxygen atoms in total. The Labute approximate surface area is 165 Å². The number of fused-ring (bicyclic) bond motifs is 1. The molecule has 0 bridgehead atoms. The van der Waals surface area contributed by atoms with Gasteiger partial charge >= 0.3 is 11.7 Å². The maximum absolute atomic E-state index is 12.5. The number of hydrogen-bond acceptors (Lipinski definition) is 5. The number of nitrogens with zero attached hydrogens (tertiary/aromatic N) is 3. The van der Waals surface area contributed by atoms with Gasteiger partial charge in [0.1, 0.15) is 0 Å². The average Bonchev–Trinajstić information content (AvgIpc) is 2.97. The highest BCUT2D eigenvalue weighted by Gasteiger charge is 2.14. The monoisotopic (exact) mass is 402 g/mol. The standard InChI is InChI=1S/C19H19ClN4O4/c1-2-23-14-7-3-4-8-15(14)24(19(23)27)11-9-17(26)28-12-16(25)22-13-6-5-10-21-18(13)20/h3-8,10H,2,9,11-12H2,1H3,(H,22,25). The molecule has 3 rings (SSSR count). The molecule has 0 fully saturated rings. The molecule has 9 heteroatoms. The zero-order valence-electron chi connectivity index (χ0n) is 15.2. The minimum absolute atomic E-state index is 0.0292. The first-order valence-electron chi connectivity index (χ1n) is 8.75. The predicted octanol–water partition coefficient (Wildman–Crippen LogP) is 2.44. The Morgan fingerprint density at radius 1 is 1.14 bits per heavy atom. The summed E-state index contributed by atoms with van der Waals surface area (Å²) < 4.78 is 8.17. The summed E-state index contributed by atoms with van der Waals surface area (Å²) in [7, 11) is 0. The smallest absolute Gasteiger partial charge is 0.329 e. The number of para-hydroxylation sites is 2. The molecule has 1 amide bonds. The molecule has 3 aromatic rings. The maximum atomic E-state index is 12.5. The molecular formula is C19H19ClN4O4. The SMILES string of the molecule is CCn1c(=O)n(CCC(=O)OCC(=O)Nc2cccnc2Cl)c2ccccc21. The van der Waals surface area contributed by atoms with E-state index in [4.69, 9.17) is 16.3 Å². The van der Waals surface area contributed by atoms with Gasteiger partial charge in [0, 0.05) is 19.3 Å². The number of carbonyl (C=O) groups excluding carboxylic acids is 2. The van der Waals surface area contributed by atoms with Crippen LogP contribution in [0.5, 0.6) is 0 Å². The fourth-order valence-electron chi connectivity index (χ4n) is 2.88. The number of aryl methyl sites for hydroxylation is 2. The fourth-order valence-corrected chi connectivity index (χ4v) is 3.05. The molecule has 0 radical (unpaired) electrons. The van der Waals surface area contributed by atoms with E-state index in [1.165, 1.54) is 10.8 Å². The number of imidazole rings is 1. The van der Waals surface area contributed by atoms with Crippen molar-refractivity contribution in [2.24, 2.45) is 0 Å². The molecule has 1 N–H and O–H groups in total. The summed E-state index contributed by atoms with van der Waals surface area (Å²) in [5, 5.41) is 2.66. The van der Waals surface area contributed by atoms with Crippen LogP contribution in [0.2, 0.25) is 5.15 Å². The van der Waals surface area contributed by atoms with Gasteiger partial charge in [0.25, 0.3) is 5.91 Å². The van der Waals surface area contributed by atoms with Crippen molar-refractivity contribution < 1.29 is 14.3 Å². The molecule has 0 aliphatic rings. The van der Waals surface area contributed by atoms with Crippen LogP contribution in [-0.2, 0) is 27.4 Å². The lowest BCUT2D eigenvalue weighted by molar-refractivity contribution is -0.147. The van der Waals surface area contributed by atoms with Gasteiger partial charge in [-0.3, -0.25) is 18.7 Å². The lowest BCUT2D eigenvalue weighted by atomic mass is 10.3. The lowest BCUT2D eigenvalue weighted by Gasteiger charge is -2.08. The molecule has 1 aromatic carbocycles. The third-order valence-electron chi connectivity index (χ3n) is 4.18. The summed E-state index contributed by atoms with van der Waals surface area (Å²) >= 11 is 5.86. The quantitative estimate of drug-likeness (QED) is 0.483. The Morgan fingerprint density at radius 3 is 2.54 bits per heavy atom. The van der Waals surface area contributed by atoms with E-state index >= 15 is 0 Å². The van der Waals surface area contributed by atoms with Crippen LogP contribution in [0.3, 0.4) is 0 Å². The zero-order valence-corrected chi connectivity index (χ0v) is 16.0. The zero-order chi connectivity index (χ0) is 20.1. The number of halogens is 1. The number of benzene rings is 1. The molecule has 0 aliphatic heterocycles. The second-order valence-electron chi connectivity index (χ2n) is 5.97. The number of amides is 1. The van der Waals surface area contributed by atoms with Crippen LogP contribution >= 0.6 is 11.6 Å². The minimum Gasteiger partial charge on any atom is -0.456 e. The Morgan fingerprint density at radius 2 is 1.86 bits per heavy atom. The number of nitrogens with one attached hydrogen (secondary N) is 1. The van der Waals surface area contributed by atoms with E-state index < -0.39 is 18.5 Å². The summed E-state index contributed by atoms with van der Waals surface area (Å²) in [6, 6.07) is 10.6. The Bertz CT molecular complexity index is 1070. The Kier molecular flexibility index (Phi) is 6.10. The van der Waals surface area contributed by atoms with Crippen LogP contribution in [-0.4, -0.2) is 32.6 Å². The van der Waals surface area contributed by atoms with Crippen molar-refractivity contribution in [2.45, 2.75) is 26.4 Å². The van der Waals surface area contributed by atoms with E-state index in [0.717, 1.165) is 11.0 Å². The molecule has 0 saturated heterocycles. The van der Waals surface area contributed by atoms with Crippen LogP contribution in [0.25, 0.3) is 11.0 Å². The number of carbonyl (C=O) groups is 2. The van der Waals surface area contributed by atoms with Crippen molar-refractivity contribution in [1.29, 1.82) is 0 Å². The van der Waals surface area contributed by atoms with Crippen molar-refractivity contribution in [3.8, 4) is 0 Å². The summed E-state index contributed by atoms with van der Waals surface area (Å²) in [5.74, 6) is -1.10. The van der Waals surface area contributed by atoms with Gasteiger partial charge < -0.3 is 10.1 Å². The van der Waals surface area contributed by atoms with Crippen molar-refractivity contribution in [2.75, 3.05) is 11.9 Å². The van der Waals surface area contributed by atoms with Crippen LogP contribution in [0, 0.1) is 0 Å². The van der Waals surface area contributed by atoms with E-state index in [1.54, 1.807) is 16.7 Å². The van der Waals surface area contributed by atoms with Gasteiger partial charge in [-0.1, -0.05) is 23.7 Å². The van der Waals surface area contributed by atoms with E-state index in [9.17, 15) is 14.4 Å². The van der Waals surface area contributed by atoms with E-state index in [0.29, 0.717) is 12.2 Å². The summed E-state index contributed by atoms with van der Waals surface area (Å²) in [6.07, 6.45) is 1.47. The van der Waals surface area contributed by atoms with Gasteiger partial charge in [0.15, 0.2) is 11.8 Å². The van der Waals surface area contributed by atoms with Crippen molar-refractivity contribution in [3.05, 3.63) is 58.2 Å². The highest BCUT2D eigenvalue weighted by molar-refractivity contribution is 6.32. The number of rotatable bonds is 7. The van der Waals surface area contributed by atoms with Gasteiger partial charge in [-0.2, -0.15) is 0 Å². The van der Waals surface area contributed by atoms with Gasteiger partial charge in [0.05, 0.1) is 23.1 Å². The largest absolute Gasteiger partial charge is 0.456 e. The second kappa shape index (κ2) is 8.71. The molecule has 2 heterocycles. The van der Waals surface area contributed by atoms with Crippen LogP contribution < -0.4 is 11.0 Å². The normalized spacial score (nSPS) is 10.8. The van der Waals surface area contributed by atoms with Gasteiger partial charge in [-0.25, -0.2) is 9.78 Å². The molecule has 28 heavy (non-hydrogen) atoms.